The van der Waals surface area contributed by atoms with Gasteiger partial charge in [0.05, 0.1) is 24.8 Å². The molecule has 37 heavy (non-hydrogen) atoms. The van der Waals surface area contributed by atoms with Gasteiger partial charge in [0, 0.05) is 17.8 Å². The summed E-state index contributed by atoms with van der Waals surface area (Å²) in [5.41, 5.74) is 8.64. The van der Waals surface area contributed by atoms with Crippen molar-refractivity contribution in [1.29, 1.82) is 5.41 Å². The highest BCUT2D eigenvalue weighted by molar-refractivity contribution is 7.89. The summed E-state index contributed by atoms with van der Waals surface area (Å²) in [6, 6.07) is 21.8. The Balaban J connectivity index is 1.88. The van der Waals surface area contributed by atoms with Crippen LogP contribution in [0.1, 0.15) is 42.2 Å². The summed E-state index contributed by atoms with van der Waals surface area (Å²) in [5, 5.41) is 11.0. The van der Waals surface area contributed by atoms with Gasteiger partial charge in [0.15, 0.2) is 11.5 Å². The molecular weight excluding hydrogens is 512 g/mol. The summed E-state index contributed by atoms with van der Waals surface area (Å²) in [6.45, 7) is 1.94. The van der Waals surface area contributed by atoms with Crippen LogP contribution in [0.15, 0.2) is 72.8 Å². The minimum atomic E-state index is -3.42. The first kappa shape index (κ1) is 28.3. The Kier molecular flexibility index (Phi) is 10.2. The van der Waals surface area contributed by atoms with Crippen LogP contribution >= 0.6 is 11.6 Å². The number of amidine groups is 1. The Morgan fingerprint density at radius 2 is 1.73 bits per heavy atom. The Labute approximate surface area is 223 Å². The number of halogens is 1. The molecule has 0 radical (unpaired) electrons. The number of hydrogen-bond acceptors (Lipinski definition) is 6. The molecule has 0 aromatic heterocycles. The predicted octanol–water partition coefficient (Wildman–Crippen LogP) is 4.82. The molecule has 0 spiro atoms. The standard InChI is InChI=1S/C27H33ClN4O4S/c1-3-15-37(33,34)31-18-23(32-22-12-9-20(10-13-22)27(29)30)21-11-14-24(25(16-21)35-2)36-26(17-28)19-7-5-4-6-8-19/h4-14,16,23,26,31-32H,3,15,17-18H2,1-2H3,(H3,29,30). The highest BCUT2D eigenvalue weighted by Crippen LogP contribution is 2.35. The van der Waals surface area contributed by atoms with Crippen molar-refractivity contribution >= 4 is 33.1 Å². The highest BCUT2D eigenvalue weighted by atomic mass is 35.5. The van der Waals surface area contributed by atoms with Crippen molar-refractivity contribution in [2.75, 3.05) is 30.6 Å². The summed E-state index contributed by atoms with van der Waals surface area (Å²) >= 11 is 6.20. The van der Waals surface area contributed by atoms with Crippen molar-refractivity contribution in [3.8, 4) is 11.5 Å². The zero-order chi connectivity index (χ0) is 26.8. The van der Waals surface area contributed by atoms with Crippen LogP contribution in [-0.2, 0) is 10.0 Å². The summed E-state index contributed by atoms with van der Waals surface area (Å²) < 4.78 is 39.2. The average Bonchev–Trinajstić information content (AvgIpc) is 2.90. The van der Waals surface area contributed by atoms with Crippen LogP contribution in [0.4, 0.5) is 5.69 Å². The lowest BCUT2D eigenvalue weighted by Crippen LogP contribution is -2.33. The van der Waals surface area contributed by atoms with E-state index >= 15 is 0 Å². The number of hydrogen-bond donors (Lipinski definition) is 4. The van der Waals surface area contributed by atoms with E-state index in [0.717, 1.165) is 16.8 Å². The quantitative estimate of drug-likeness (QED) is 0.131. The molecule has 0 aliphatic heterocycles. The van der Waals surface area contributed by atoms with E-state index in [1.807, 2.05) is 49.4 Å². The Morgan fingerprint density at radius 1 is 1.03 bits per heavy atom. The normalized spacial score (nSPS) is 12.9. The van der Waals surface area contributed by atoms with E-state index in [0.29, 0.717) is 23.5 Å². The number of ether oxygens (including phenoxy) is 2. The zero-order valence-electron chi connectivity index (χ0n) is 20.9. The largest absolute Gasteiger partial charge is 0.493 e. The molecule has 8 nitrogen and oxygen atoms in total. The Bertz CT molecular complexity index is 1270. The first-order chi connectivity index (χ1) is 17.8. The molecule has 2 atom stereocenters. The molecular formula is C27H33ClN4O4S. The number of nitrogens with one attached hydrogen (secondary N) is 3. The van der Waals surface area contributed by atoms with E-state index in [1.54, 1.807) is 37.4 Å². The molecule has 0 fully saturated rings. The third-order valence-electron chi connectivity index (χ3n) is 5.69. The fraction of sp³-hybridized carbons (Fsp3) is 0.296. The number of benzene rings is 3. The fourth-order valence-electron chi connectivity index (χ4n) is 3.76. The van der Waals surface area contributed by atoms with Gasteiger partial charge in [0.1, 0.15) is 11.9 Å². The maximum atomic E-state index is 12.4. The van der Waals surface area contributed by atoms with Crippen LogP contribution in [0.3, 0.4) is 0 Å². The molecule has 0 amide bonds. The summed E-state index contributed by atoms with van der Waals surface area (Å²) in [5.74, 6) is 1.30. The number of methoxy groups -OCH3 is 1. The number of anilines is 1. The van der Waals surface area contributed by atoms with Crippen LogP contribution in [-0.4, -0.2) is 39.5 Å². The first-order valence-electron chi connectivity index (χ1n) is 11.9. The molecule has 0 bridgehead atoms. The van der Waals surface area contributed by atoms with Gasteiger partial charge in [0.2, 0.25) is 10.0 Å². The van der Waals surface area contributed by atoms with Gasteiger partial charge < -0.3 is 20.5 Å². The van der Waals surface area contributed by atoms with Gasteiger partial charge in [0.25, 0.3) is 0 Å². The van der Waals surface area contributed by atoms with E-state index in [-0.39, 0.29) is 30.1 Å². The Hall–Kier alpha value is -3.27. The lowest BCUT2D eigenvalue weighted by Gasteiger charge is -2.24. The molecule has 0 heterocycles. The van der Waals surface area contributed by atoms with Crippen LogP contribution < -0.4 is 25.2 Å². The van der Waals surface area contributed by atoms with Crippen LogP contribution in [0, 0.1) is 5.41 Å². The monoisotopic (exact) mass is 544 g/mol. The maximum Gasteiger partial charge on any atom is 0.211 e. The Morgan fingerprint density at radius 3 is 2.32 bits per heavy atom. The summed E-state index contributed by atoms with van der Waals surface area (Å²) in [4.78, 5) is 0. The second-order valence-corrected chi connectivity index (χ2v) is 10.7. The van der Waals surface area contributed by atoms with Crippen molar-refractivity contribution < 1.29 is 17.9 Å². The minimum absolute atomic E-state index is 0.0264. The number of alkyl halides is 1. The predicted molar refractivity (Wildman–Crippen MR) is 149 cm³/mol. The molecule has 3 aromatic carbocycles. The SMILES string of the molecule is CCCS(=O)(=O)NCC(Nc1ccc(C(=N)N)cc1)c1ccc(OC(CCl)c2ccccc2)c(OC)c1. The van der Waals surface area contributed by atoms with Gasteiger partial charge in [-0.1, -0.05) is 43.3 Å². The van der Waals surface area contributed by atoms with E-state index < -0.39 is 16.1 Å². The van der Waals surface area contributed by atoms with Crippen molar-refractivity contribution in [2.24, 2.45) is 5.73 Å². The van der Waals surface area contributed by atoms with E-state index in [9.17, 15) is 8.42 Å². The molecule has 0 saturated heterocycles. The van der Waals surface area contributed by atoms with Gasteiger partial charge in [-0.05, 0) is 53.9 Å². The van der Waals surface area contributed by atoms with Crippen molar-refractivity contribution in [2.45, 2.75) is 25.5 Å². The highest BCUT2D eigenvalue weighted by Gasteiger charge is 2.20. The lowest BCUT2D eigenvalue weighted by molar-refractivity contribution is 0.219. The summed E-state index contributed by atoms with van der Waals surface area (Å²) in [6.07, 6.45) is 0.153. The number of sulfonamides is 1. The van der Waals surface area contributed by atoms with Gasteiger partial charge in [-0.25, -0.2) is 13.1 Å². The number of nitrogen functional groups attached to an aromatic ring is 1. The third kappa shape index (κ3) is 8.11. The minimum Gasteiger partial charge on any atom is -0.493 e. The van der Waals surface area contributed by atoms with Gasteiger partial charge in [-0.3, -0.25) is 5.41 Å². The number of nitrogens with two attached hydrogens (primary N) is 1. The second-order valence-electron chi connectivity index (χ2n) is 8.44. The van der Waals surface area contributed by atoms with Crippen molar-refractivity contribution in [1.82, 2.24) is 4.72 Å². The molecule has 0 saturated carbocycles. The van der Waals surface area contributed by atoms with Crippen LogP contribution in [0.2, 0.25) is 0 Å². The van der Waals surface area contributed by atoms with Gasteiger partial charge in [-0.15, -0.1) is 11.6 Å². The van der Waals surface area contributed by atoms with E-state index in [1.165, 1.54) is 0 Å². The lowest BCUT2D eigenvalue weighted by atomic mass is 10.0. The van der Waals surface area contributed by atoms with Crippen molar-refractivity contribution in [3.05, 3.63) is 89.5 Å². The number of rotatable bonds is 14. The topological polar surface area (TPSA) is 127 Å². The smallest absolute Gasteiger partial charge is 0.211 e. The van der Waals surface area contributed by atoms with E-state index in [2.05, 4.69) is 10.0 Å². The molecule has 0 aliphatic carbocycles. The van der Waals surface area contributed by atoms with Crippen molar-refractivity contribution in [3.63, 3.8) is 0 Å². The molecule has 3 rings (SSSR count). The van der Waals surface area contributed by atoms with Gasteiger partial charge >= 0.3 is 0 Å². The first-order valence-corrected chi connectivity index (χ1v) is 14.1. The third-order valence-corrected chi connectivity index (χ3v) is 7.52. The van der Waals surface area contributed by atoms with Gasteiger partial charge in [-0.2, -0.15) is 0 Å². The summed E-state index contributed by atoms with van der Waals surface area (Å²) in [7, 11) is -1.87. The molecule has 2 unspecified atom stereocenters. The van der Waals surface area contributed by atoms with Crippen LogP contribution in [0.5, 0.6) is 11.5 Å². The van der Waals surface area contributed by atoms with E-state index in [4.69, 9.17) is 32.2 Å². The zero-order valence-corrected chi connectivity index (χ0v) is 22.5. The molecule has 5 N–H and O–H groups in total. The molecule has 10 heteroatoms. The molecule has 0 aliphatic rings. The average molecular weight is 545 g/mol. The van der Waals surface area contributed by atoms with Crippen LogP contribution in [0.25, 0.3) is 0 Å². The maximum absolute atomic E-state index is 12.4. The molecule has 198 valence electrons. The molecule has 3 aromatic rings. The second kappa shape index (κ2) is 13.3. The fourth-order valence-corrected chi connectivity index (χ4v) is 5.10.